The summed E-state index contributed by atoms with van der Waals surface area (Å²) in [6.07, 6.45) is 4.66. The van der Waals surface area contributed by atoms with Crippen LogP contribution in [0.5, 0.6) is 0 Å². The Morgan fingerprint density at radius 2 is 2.29 bits per heavy atom. The second-order valence-electron chi connectivity index (χ2n) is 6.04. The van der Waals surface area contributed by atoms with Gasteiger partial charge in [-0.3, -0.25) is 9.88 Å². The topological polar surface area (TPSA) is 54.0 Å². The Bertz CT molecular complexity index is 820. The Morgan fingerprint density at radius 3 is 3.17 bits per heavy atom. The number of imidazole rings is 1. The van der Waals surface area contributed by atoms with E-state index in [1.807, 2.05) is 30.5 Å². The van der Waals surface area contributed by atoms with Crippen LogP contribution in [0.4, 0.5) is 0 Å². The number of ether oxygens (including phenoxy) is 1. The average Bonchev–Trinajstić information content (AvgIpc) is 3.03. The molecule has 0 bridgehead atoms. The Hall–Kier alpha value is -1.95. The van der Waals surface area contributed by atoms with Gasteiger partial charge in [-0.15, -0.1) is 0 Å². The molecule has 0 saturated carbocycles. The summed E-state index contributed by atoms with van der Waals surface area (Å²) in [6, 6.07) is 9.77. The Kier molecular flexibility index (Phi) is 4.47. The second-order valence-corrected chi connectivity index (χ2v) is 6.48. The van der Waals surface area contributed by atoms with Crippen LogP contribution in [0.15, 0.2) is 42.7 Å². The maximum Gasteiger partial charge on any atom is 0.108 e. The first kappa shape index (κ1) is 15.6. The molecule has 0 amide bonds. The smallest absolute Gasteiger partial charge is 0.108 e. The maximum atomic E-state index is 6.03. The number of rotatable bonds is 4. The van der Waals surface area contributed by atoms with Gasteiger partial charge in [0.1, 0.15) is 5.82 Å². The van der Waals surface area contributed by atoms with Crippen LogP contribution in [0.3, 0.4) is 0 Å². The SMILES string of the molecule is Clc1ccc2nc(CCN3CCOC(c4cccnc4)C3)[nH]c2c1. The molecule has 1 aliphatic heterocycles. The number of aromatic amines is 1. The van der Waals surface area contributed by atoms with Crippen molar-refractivity contribution in [1.82, 2.24) is 19.9 Å². The minimum Gasteiger partial charge on any atom is -0.371 e. The number of hydrogen-bond donors (Lipinski definition) is 1. The minimum atomic E-state index is 0.0990. The fourth-order valence-electron chi connectivity index (χ4n) is 3.09. The third-order valence-corrected chi connectivity index (χ3v) is 4.60. The van der Waals surface area contributed by atoms with Gasteiger partial charge in [0, 0.05) is 49.0 Å². The fourth-order valence-corrected chi connectivity index (χ4v) is 3.26. The molecule has 6 heteroatoms. The van der Waals surface area contributed by atoms with Crippen LogP contribution in [0.1, 0.15) is 17.5 Å². The van der Waals surface area contributed by atoms with E-state index in [1.54, 1.807) is 6.20 Å². The van der Waals surface area contributed by atoms with Crippen molar-refractivity contribution in [3.05, 3.63) is 59.1 Å². The van der Waals surface area contributed by atoms with Gasteiger partial charge in [-0.1, -0.05) is 17.7 Å². The van der Waals surface area contributed by atoms with Crippen molar-refractivity contribution in [2.24, 2.45) is 0 Å². The first-order chi connectivity index (χ1) is 11.8. The molecule has 24 heavy (non-hydrogen) atoms. The summed E-state index contributed by atoms with van der Waals surface area (Å²) < 4.78 is 5.89. The minimum absolute atomic E-state index is 0.0990. The third-order valence-electron chi connectivity index (χ3n) is 4.36. The number of halogens is 1. The van der Waals surface area contributed by atoms with E-state index in [2.05, 4.69) is 25.9 Å². The molecule has 1 unspecified atom stereocenters. The highest BCUT2D eigenvalue weighted by Crippen LogP contribution is 2.22. The second kappa shape index (κ2) is 6.89. The first-order valence-electron chi connectivity index (χ1n) is 8.16. The van der Waals surface area contributed by atoms with Gasteiger partial charge in [0.2, 0.25) is 0 Å². The highest BCUT2D eigenvalue weighted by atomic mass is 35.5. The fraction of sp³-hybridized carbons (Fsp3) is 0.333. The number of pyridine rings is 1. The summed E-state index contributed by atoms with van der Waals surface area (Å²) >= 11 is 6.03. The summed E-state index contributed by atoms with van der Waals surface area (Å²) in [5, 5.41) is 0.727. The molecular weight excluding hydrogens is 324 g/mol. The molecule has 3 heterocycles. The van der Waals surface area contributed by atoms with E-state index in [0.29, 0.717) is 0 Å². The normalized spacial score (nSPS) is 19.0. The summed E-state index contributed by atoms with van der Waals surface area (Å²) in [4.78, 5) is 14.6. The first-order valence-corrected chi connectivity index (χ1v) is 8.54. The van der Waals surface area contributed by atoms with Crippen molar-refractivity contribution < 1.29 is 4.74 Å². The zero-order chi connectivity index (χ0) is 16.4. The lowest BCUT2D eigenvalue weighted by Gasteiger charge is -2.32. The van der Waals surface area contributed by atoms with Crippen LogP contribution in [-0.2, 0) is 11.2 Å². The van der Waals surface area contributed by atoms with Crippen molar-refractivity contribution in [3.8, 4) is 0 Å². The number of morpholine rings is 1. The van der Waals surface area contributed by atoms with E-state index < -0.39 is 0 Å². The van der Waals surface area contributed by atoms with E-state index in [-0.39, 0.29) is 6.10 Å². The van der Waals surface area contributed by atoms with Gasteiger partial charge in [0.25, 0.3) is 0 Å². The van der Waals surface area contributed by atoms with Crippen LogP contribution in [0.25, 0.3) is 11.0 Å². The molecule has 1 saturated heterocycles. The molecule has 5 nitrogen and oxygen atoms in total. The van der Waals surface area contributed by atoms with Gasteiger partial charge in [0.15, 0.2) is 0 Å². The summed E-state index contributed by atoms with van der Waals surface area (Å²) in [7, 11) is 0. The Labute approximate surface area is 145 Å². The third kappa shape index (κ3) is 3.43. The molecule has 1 N–H and O–H groups in total. The molecule has 1 atom stereocenters. The molecule has 0 spiro atoms. The van der Waals surface area contributed by atoms with E-state index in [9.17, 15) is 0 Å². The maximum absolute atomic E-state index is 6.03. The number of fused-ring (bicyclic) bond motifs is 1. The van der Waals surface area contributed by atoms with Gasteiger partial charge in [-0.25, -0.2) is 4.98 Å². The number of nitrogens with one attached hydrogen (secondary N) is 1. The molecule has 124 valence electrons. The molecular formula is C18H19ClN4O. The van der Waals surface area contributed by atoms with E-state index in [0.717, 1.165) is 60.1 Å². The van der Waals surface area contributed by atoms with Gasteiger partial charge in [-0.05, 0) is 24.3 Å². The summed E-state index contributed by atoms with van der Waals surface area (Å²) in [5.41, 5.74) is 3.10. The van der Waals surface area contributed by atoms with Crippen molar-refractivity contribution in [2.75, 3.05) is 26.2 Å². The Balaban J connectivity index is 1.39. The molecule has 1 fully saturated rings. The van der Waals surface area contributed by atoms with Gasteiger partial charge >= 0.3 is 0 Å². The highest BCUT2D eigenvalue weighted by Gasteiger charge is 2.22. The zero-order valence-corrected chi connectivity index (χ0v) is 14.0. The highest BCUT2D eigenvalue weighted by molar-refractivity contribution is 6.31. The molecule has 1 aromatic carbocycles. The van der Waals surface area contributed by atoms with Gasteiger partial charge in [0.05, 0.1) is 23.7 Å². The lowest BCUT2D eigenvalue weighted by molar-refractivity contribution is -0.0298. The van der Waals surface area contributed by atoms with Gasteiger partial charge < -0.3 is 9.72 Å². The van der Waals surface area contributed by atoms with Crippen LogP contribution in [0, 0.1) is 0 Å². The van der Waals surface area contributed by atoms with E-state index in [1.165, 1.54) is 0 Å². The molecule has 0 aliphatic carbocycles. The molecule has 2 aromatic heterocycles. The monoisotopic (exact) mass is 342 g/mol. The van der Waals surface area contributed by atoms with Crippen molar-refractivity contribution in [1.29, 1.82) is 0 Å². The number of benzene rings is 1. The number of hydrogen-bond acceptors (Lipinski definition) is 4. The lowest BCUT2D eigenvalue weighted by Crippen LogP contribution is -2.39. The number of aromatic nitrogens is 3. The molecule has 1 aliphatic rings. The van der Waals surface area contributed by atoms with E-state index >= 15 is 0 Å². The molecule has 4 rings (SSSR count). The molecule has 0 radical (unpaired) electrons. The standard InChI is InChI=1S/C18H19ClN4O/c19-14-3-4-15-16(10-14)22-18(21-15)5-7-23-8-9-24-17(12-23)13-2-1-6-20-11-13/h1-4,6,10-11,17H,5,7-9,12H2,(H,21,22). The van der Waals surface area contributed by atoms with Crippen LogP contribution >= 0.6 is 11.6 Å². The predicted octanol–water partition coefficient (Wildman–Crippen LogP) is 3.23. The van der Waals surface area contributed by atoms with Crippen LogP contribution < -0.4 is 0 Å². The summed E-state index contributed by atoms with van der Waals surface area (Å²) in [6.45, 7) is 3.53. The Morgan fingerprint density at radius 1 is 1.33 bits per heavy atom. The lowest BCUT2D eigenvalue weighted by atomic mass is 10.1. The van der Waals surface area contributed by atoms with Crippen molar-refractivity contribution >= 4 is 22.6 Å². The van der Waals surface area contributed by atoms with Crippen LogP contribution in [-0.4, -0.2) is 46.1 Å². The predicted molar refractivity (Wildman–Crippen MR) is 94.2 cm³/mol. The zero-order valence-electron chi connectivity index (χ0n) is 13.3. The number of nitrogens with zero attached hydrogens (tertiary/aromatic N) is 3. The quantitative estimate of drug-likeness (QED) is 0.791. The number of H-pyrrole nitrogens is 1. The summed E-state index contributed by atoms with van der Waals surface area (Å²) in [5.74, 6) is 0.997. The largest absolute Gasteiger partial charge is 0.371 e. The van der Waals surface area contributed by atoms with Crippen molar-refractivity contribution in [2.45, 2.75) is 12.5 Å². The van der Waals surface area contributed by atoms with Gasteiger partial charge in [-0.2, -0.15) is 0 Å². The molecule has 3 aromatic rings. The van der Waals surface area contributed by atoms with E-state index in [4.69, 9.17) is 16.3 Å². The van der Waals surface area contributed by atoms with Crippen molar-refractivity contribution in [3.63, 3.8) is 0 Å². The van der Waals surface area contributed by atoms with Crippen LogP contribution in [0.2, 0.25) is 5.02 Å². The average molecular weight is 343 g/mol.